The van der Waals surface area contributed by atoms with Crippen molar-refractivity contribution in [2.24, 2.45) is 0 Å². The third-order valence-electron chi connectivity index (χ3n) is 2.76. The Bertz CT molecular complexity index is 423. The van der Waals surface area contributed by atoms with Crippen LogP contribution in [0.2, 0.25) is 0 Å². The molecule has 1 aromatic carbocycles. The van der Waals surface area contributed by atoms with Crippen molar-refractivity contribution in [1.29, 1.82) is 0 Å². The average Bonchev–Trinajstić information content (AvgIpc) is 3.16. The quantitative estimate of drug-likeness (QED) is 0.833. The van der Waals surface area contributed by atoms with Crippen molar-refractivity contribution < 1.29 is 8.78 Å². The molecular formula is C15H21F2N. The Labute approximate surface area is 108 Å². The first-order valence-electron chi connectivity index (χ1n) is 6.45. The molecule has 1 aliphatic rings. The number of hydrogen-bond donors (Lipinski definition) is 1. The first kappa shape index (κ1) is 14.7. The second-order valence-corrected chi connectivity index (χ2v) is 4.37. The monoisotopic (exact) mass is 253 g/mol. The van der Waals surface area contributed by atoms with Gasteiger partial charge in [-0.25, -0.2) is 8.78 Å². The standard InChI is InChI=1S/C13H15F2N.C2H6/c1-8(2)16-7-10-5-13(15)11(6-12(10)14)9-3-4-9;1-2/h5-6,9,16H,1,3-4,7H2,2H3;1-2H3. The Hall–Kier alpha value is -1.38. The molecule has 0 bridgehead atoms. The van der Waals surface area contributed by atoms with Gasteiger partial charge in [0.25, 0.3) is 0 Å². The Morgan fingerprint density at radius 1 is 1.28 bits per heavy atom. The number of halogens is 2. The fourth-order valence-electron chi connectivity index (χ4n) is 1.69. The first-order valence-corrected chi connectivity index (χ1v) is 6.45. The second-order valence-electron chi connectivity index (χ2n) is 4.37. The molecule has 2 rings (SSSR count). The van der Waals surface area contributed by atoms with E-state index in [4.69, 9.17) is 0 Å². The topological polar surface area (TPSA) is 12.0 Å². The van der Waals surface area contributed by atoms with E-state index in [1.807, 2.05) is 13.8 Å². The van der Waals surface area contributed by atoms with Crippen LogP contribution < -0.4 is 5.32 Å². The van der Waals surface area contributed by atoms with E-state index in [9.17, 15) is 8.78 Å². The normalized spacial score (nSPS) is 13.6. The molecule has 0 radical (unpaired) electrons. The molecule has 0 amide bonds. The summed E-state index contributed by atoms with van der Waals surface area (Å²) in [7, 11) is 0. The molecule has 0 unspecified atom stereocenters. The molecule has 100 valence electrons. The zero-order chi connectivity index (χ0) is 13.7. The number of nitrogens with one attached hydrogen (secondary N) is 1. The van der Waals surface area contributed by atoms with Gasteiger partial charge in [-0.2, -0.15) is 0 Å². The van der Waals surface area contributed by atoms with E-state index in [-0.39, 0.29) is 24.1 Å². The van der Waals surface area contributed by atoms with Crippen molar-refractivity contribution in [2.45, 2.75) is 46.1 Å². The highest BCUT2D eigenvalue weighted by atomic mass is 19.1. The van der Waals surface area contributed by atoms with Gasteiger partial charge >= 0.3 is 0 Å². The van der Waals surface area contributed by atoms with Crippen LogP contribution in [0.3, 0.4) is 0 Å². The third kappa shape index (κ3) is 3.83. The lowest BCUT2D eigenvalue weighted by molar-refractivity contribution is 0.567. The summed E-state index contributed by atoms with van der Waals surface area (Å²) in [4.78, 5) is 0. The van der Waals surface area contributed by atoms with Gasteiger partial charge in [0.2, 0.25) is 0 Å². The lowest BCUT2D eigenvalue weighted by Crippen LogP contribution is -2.11. The van der Waals surface area contributed by atoms with Crippen LogP contribution >= 0.6 is 0 Å². The molecule has 0 atom stereocenters. The zero-order valence-electron chi connectivity index (χ0n) is 11.3. The SMILES string of the molecule is C=C(C)NCc1cc(F)c(C2CC2)cc1F.CC. The van der Waals surface area contributed by atoms with E-state index in [1.54, 1.807) is 6.92 Å². The largest absolute Gasteiger partial charge is 0.385 e. The minimum atomic E-state index is -0.336. The summed E-state index contributed by atoms with van der Waals surface area (Å²) in [5.74, 6) is -0.392. The molecule has 0 aromatic heterocycles. The van der Waals surface area contributed by atoms with Gasteiger partial charge in [-0.15, -0.1) is 0 Å². The van der Waals surface area contributed by atoms with Crippen LogP contribution in [0.4, 0.5) is 8.78 Å². The summed E-state index contributed by atoms with van der Waals surface area (Å²) in [6.45, 7) is 9.72. The third-order valence-corrected chi connectivity index (χ3v) is 2.76. The molecular weight excluding hydrogens is 232 g/mol. The molecule has 0 heterocycles. The Kier molecular flexibility index (Phi) is 5.32. The highest BCUT2D eigenvalue weighted by Gasteiger charge is 2.27. The van der Waals surface area contributed by atoms with E-state index in [2.05, 4.69) is 11.9 Å². The molecule has 0 aliphatic heterocycles. The number of rotatable bonds is 4. The molecule has 0 saturated heterocycles. The van der Waals surface area contributed by atoms with Crippen molar-refractivity contribution in [1.82, 2.24) is 5.32 Å². The summed E-state index contributed by atoms with van der Waals surface area (Å²) in [6.07, 6.45) is 1.94. The highest BCUT2D eigenvalue weighted by Crippen LogP contribution is 2.41. The minimum absolute atomic E-state index is 0.234. The summed E-state index contributed by atoms with van der Waals surface area (Å²) in [5.41, 5.74) is 1.62. The minimum Gasteiger partial charge on any atom is -0.385 e. The van der Waals surface area contributed by atoms with Crippen molar-refractivity contribution >= 4 is 0 Å². The summed E-state index contributed by atoms with van der Waals surface area (Å²) < 4.78 is 27.3. The van der Waals surface area contributed by atoms with Crippen molar-refractivity contribution in [3.63, 3.8) is 0 Å². The van der Waals surface area contributed by atoms with Crippen LogP contribution in [-0.2, 0) is 6.54 Å². The maximum Gasteiger partial charge on any atom is 0.128 e. The summed E-state index contributed by atoms with van der Waals surface area (Å²) >= 11 is 0. The Morgan fingerprint density at radius 2 is 1.89 bits per heavy atom. The Balaban J connectivity index is 0.000000771. The second kappa shape index (κ2) is 6.53. The summed E-state index contributed by atoms with van der Waals surface area (Å²) in [6, 6.07) is 2.63. The van der Waals surface area contributed by atoms with Gasteiger partial charge in [-0.05, 0) is 43.4 Å². The molecule has 1 aliphatic carbocycles. The van der Waals surface area contributed by atoms with Gasteiger partial charge in [0.15, 0.2) is 0 Å². The van der Waals surface area contributed by atoms with Crippen LogP contribution in [-0.4, -0.2) is 0 Å². The molecule has 3 heteroatoms. The lowest BCUT2D eigenvalue weighted by atomic mass is 10.1. The lowest BCUT2D eigenvalue weighted by Gasteiger charge is -2.09. The van der Waals surface area contributed by atoms with Gasteiger partial charge in [-0.3, -0.25) is 0 Å². The van der Waals surface area contributed by atoms with Crippen LogP contribution in [0.25, 0.3) is 0 Å². The number of allylic oxidation sites excluding steroid dienone is 1. The molecule has 0 spiro atoms. The molecule has 1 aromatic rings. The molecule has 1 nitrogen and oxygen atoms in total. The van der Waals surface area contributed by atoms with E-state index in [1.165, 1.54) is 12.1 Å². The van der Waals surface area contributed by atoms with Crippen LogP contribution in [0.15, 0.2) is 24.4 Å². The fraction of sp³-hybridized carbons (Fsp3) is 0.467. The van der Waals surface area contributed by atoms with E-state index >= 15 is 0 Å². The van der Waals surface area contributed by atoms with Crippen LogP contribution in [0, 0.1) is 11.6 Å². The predicted molar refractivity (Wildman–Crippen MR) is 71.3 cm³/mol. The number of benzene rings is 1. The zero-order valence-corrected chi connectivity index (χ0v) is 11.3. The highest BCUT2D eigenvalue weighted by molar-refractivity contribution is 5.31. The molecule has 1 saturated carbocycles. The summed E-state index contributed by atoms with van der Waals surface area (Å²) in [5, 5.41) is 2.89. The van der Waals surface area contributed by atoms with E-state index < -0.39 is 0 Å². The smallest absolute Gasteiger partial charge is 0.128 e. The van der Waals surface area contributed by atoms with Crippen LogP contribution in [0.1, 0.15) is 50.7 Å². The van der Waals surface area contributed by atoms with Gasteiger partial charge in [0.05, 0.1) is 0 Å². The molecule has 1 fully saturated rings. The van der Waals surface area contributed by atoms with Crippen molar-refractivity contribution in [3.05, 3.63) is 47.2 Å². The fourth-order valence-corrected chi connectivity index (χ4v) is 1.69. The first-order chi connectivity index (χ1) is 8.58. The Morgan fingerprint density at radius 3 is 2.39 bits per heavy atom. The van der Waals surface area contributed by atoms with E-state index in [0.717, 1.165) is 18.5 Å². The van der Waals surface area contributed by atoms with E-state index in [0.29, 0.717) is 11.1 Å². The molecule has 1 N–H and O–H groups in total. The predicted octanol–water partition coefficient (Wildman–Crippen LogP) is 4.49. The van der Waals surface area contributed by atoms with Crippen molar-refractivity contribution in [3.8, 4) is 0 Å². The molecule has 18 heavy (non-hydrogen) atoms. The van der Waals surface area contributed by atoms with Gasteiger partial charge < -0.3 is 5.32 Å². The van der Waals surface area contributed by atoms with Gasteiger partial charge in [0.1, 0.15) is 11.6 Å². The maximum atomic E-state index is 13.6. The maximum absolute atomic E-state index is 13.6. The van der Waals surface area contributed by atoms with Gasteiger partial charge in [0, 0.05) is 17.8 Å². The number of hydrogen-bond acceptors (Lipinski definition) is 1. The van der Waals surface area contributed by atoms with Crippen LogP contribution in [0.5, 0.6) is 0 Å². The van der Waals surface area contributed by atoms with Gasteiger partial charge in [-0.1, -0.05) is 20.4 Å². The average molecular weight is 253 g/mol. The van der Waals surface area contributed by atoms with Crippen molar-refractivity contribution in [2.75, 3.05) is 0 Å².